The van der Waals surface area contributed by atoms with E-state index in [2.05, 4.69) is 9.97 Å². The average molecular weight is 359 g/mol. The van der Waals surface area contributed by atoms with Gasteiger partial charge in [0.05, 0.1) is 22.3 Å². The van der Waals surface area contributed by atoms with E-state index in [0.717, 1.165) is 17.0 Å². The van der Waals surface area contributed by atoms with Gasteiger partial charge >= 0.3 is 5.97 Å². The lowest BCUT2D eigenvalue weighted by molar-refractivity contribution is 0.0474. The number of esters is 1. The van der Waals surface area contributed by atoms with Crippen molar-refractivity contribution in [1.82, 2.24) is 14.5 Å². The van der Waals surface area contributed by atoms with Crippen LogP contribution in [0.5, 0.6) is 0 Å². The van der Waals surface area contributed by atoms with Crippen molar-refractivity contribution in [3.8, 4) is 5.69 Å². The number of benzene rings is 2. The number of para-hydroxylation sites is 1. The van der Waals surface area contributed by atoms with Gasteiger partial charge in [-0.15, -0.1) is 0 Å². The van der Waals surface area contributed by atoms with Crippen molar-refractivity contribution < 1.29 is 14.3 Å². The summed E-state index contributed by atoms with van der Waals surface area (Å²) in [5.74, 6) is -0.00834. The van der Waals surface area contributed by atoms with Crippen LogP contribution in [0.2, 0.25) is 0 Å². The summed E-state index contributed by atoms with van der Waals surface area (Å²) in [5.41, 5.74) is 3.37. The number of rotatable bonds is 5. The molecule has 0 unspecified atom stereocenters. The number of ether oxygens (including phenoxy) is 1. The maximum absolute atomic E-state index is 12.3. The summed E-state index contributed by atoms with van der Waals surface area (Å²) in [6.07, 6.45) is 1.65. The van der Waals surface area contributed by atoms with Gasteiger partial charge in [0, 0.05) is 11.9 Å². The molecule has 1 N–H and O–H groups in total. The number of aromatic nitrogens is 3. The lowest BCUT2D eigenvalue weighted by atomic mass is 10.2. The molecule has 2 aromatic heterocycles. The molecule has 0 fully saturated rings. The van der Waals surface area contributed by atoms with E-state index in [0.29, 0.717) is 16.8 Å². The third kappa shape index (κ3) is 3.25. The fourth-order valence-corrected chi connectivity index (χ4v) is 3.03. The second-order valence-electron chi connectivity index (χ2n) is 6.12. The van der Waals surface area contributed by atoms with Gasteiger partial charge in [0.1, 0.15) is 5.82 Å². The Hall–Kier alpha value is -3.67. The number of H-pyrrole nitrogens is 1. The number of ketones is 1. The van der Waals surface area contributed by atoms with E-state index >= 15 is 0 Å². The van der Waals surface area contributed by atoms with Crippen molar-refractivity contribution >= 4 is 22.8 Å². The van der Waals surface area contributed by atoms with Crippen molar-refractivity contribution in [2.24, 2.45) is 0 Å². The molecule has 0 radical (unpaired) electrons. The highest BCUT2D eigenvalue weighted by atomic mass is 16.5. The summed E-state index contributed by atoms with van der Waals surface area (Å²) in [6, 6.07) is 18.5. The van der Waals surface area contributed by atoms with Gasteiger partial charge in [0.25, 0.3) is 0 Å². The number of fused-ring (bicyclic) bond motifs is 1. The lowest BCUT2D eigenvalue weighted by Crippen LogP contribution is -2.14. The SMILES string of the molecule is Cc1nc2cc(C(=O)OCC(=O)c3ccc[nH]3)ccc2n1-c1ccccc1. The smallest absolute Gasteiger partial charge is 0.338 e. The molecule has 4 rings (SSSR count). The van der Waals surface area contributed by atoms with Crippen molar-refractivity contribution in [2.75, 3.05) is 6.61 Å². The summed E-state index contributed by atoms with van der Waals surface area (Å²) >= 11 is 0. The zero-order valence-corrected chi connectivity index (χ0v) is 14.7. The van der Waals surface area contributed by atoms with Gasteiger partial charge in [-0.05, 0) is 49.4 Å². The number of hydrogen-bond donors (Lipinski definition) is 1. The number of carbonyl (C=O) groups is 2. The van der Waals surface area contributed by atoms with Gasteiger partial charge in [0.15, 0.2) is 6.61 Å². The second-order valence-corrected chi connectivity index (χ2v) is 6.12. The molecule has 2 heterocycles. The third-order valence-electron chi connectivity index (χ3n) is 4.30. The maximum atomic E-state index is 12.3. The number of hydrogen-bond acceptors (Lipinski definition) is 4. The van der Waals surface area contributed by atoms with Crippen LogP contribution in [-0.4, -0.2) is 32.9 Å². The summed E-state index contributed by atoms with van der Waals surface area (Å²) in [6.45, 7) is 1.61. The molecule has 0 amide bonds. The molecule has 134 valence electrons. The number of imidazole rings is 1. The van der Waals surface area contributed by atoms with Crippen LogP contribution in [0.1, 0.15) is 26.7 Å². The first-order chi connectivity index (χ1) is 13.1. The Morgan fingerprint density at radius 2 is 1.89 bits per heavy atom. The van der Waals surface area contributed by atoms with Gasteiger partial charge in [0.2, 0.25) is 5.78 Å². The van der Waals surface area contributed by atoms with Crippen molar-refractivity contribution in [3.63, 3.8) is 0 Å². The maximum Gasteiger partial charge on any atom is 0.338 e. The van der Waals surface area contributed by atoms with E-state index in [1.807, 2.05) is 47.9 Å². The summed E-state index contributed by atoms with van der Waals surface area (Å²) in [7, 11) is 0. The van der Waals surface area contributed by atoms with Gasteiger partial charge in [-0.25, -0.2) is 9.78 Å². The van der Waals surface area contributed by atoms with Crippen LogP contribution in [0, 0.1) is 6.92 Å². The Balaban J connectivity index is 1.57. The highest BCUT2D eigenvalue weighted by molar-refractivity contribution is 5.99. The van der Waals surface area contributed by atoms with Crippen LogP contribution in [0.3, 0.4) is 0 Å². The molecule has 4 aromatic rings. The first-order valence-electron chi connectivity index (χ1n) is 8.52. The van der Waals surface area contributed by atoms with E-state index in [4.69, 9.17) is 4.74 Å². The van der Waals surface area contributed by atoms with E-state index in [-0.39, 0.29) is 12.4 Å². The molecule has 0 aliphatic carbocycles. The summed E-state index contributed by atoms with van der Waals surface area (Å²) in [5, 5.41) is 0. The van der Waals surface area contributed by atoms with Gasteiger partial charge in [-0.1, -0.05) is 18.2 Å². The van der Waals surface area contributed by atoms with Crippen LogP contribution < -0.4 is 0 Å². The predicted octanol–water partition coefficient (Wildman–Crippen LogP) is 3.70. The number of nitrogens with zero attached hydrogens (tertiary/aromatic N) is 2. The Bertz CT molecular complexity index is 1110. The van der Waals surface area contributed by atoms with Crippen LogP contribution in [0.15, 0.2) is 66.9 Å². The van der Waals surface area contributed by atoms with Crippen LogP contribution in [-0.2, 0) is 4.74 Å². The molecule has 0 aliphatic rings. The predicted molar refractivity (Wildman–Crippen MR) is 101 cm³/mol. The van der Waals surface area contributed by atoms with E-state index in [9.17, 15) is 9.59 Å². The van der Waals surface area contributed by atoms with Gasteiger partial charge < -0.3 is 9.72 Å². The first kappa shape index (κ1) is 16.8. The molecule has 0 bridgehead atoms. The van der Waals surface area contributed by atoms with Crippen molar-refractivity contribution in [2.45, 2.75) is 6.92 Å². The number of Topliss-reactive ketones (excluding diaryl/α,β-unsaturated/α-hetero) is 1. The largest absolute Gasteiger partial charge is 0.454 e. The molecule has 0 saturated heterocycles. The normalized spacial score (nSPS) is 10.9. The van der Waals surface area contributed by atoms with Crippen molar-refractivity contribution in [1.29, 1.82) is 0 Å². The Labute approximate surface area is 155 Å². The van der Waals surface area contributed by atoms with Crippen molar-refractivity contribution in [3.05, 3.63) is 83.9 Å². The molecule has 0 aliphatic heterocycles. The quantitative estimate of drug-likeness (QED) is 0.435. The Kier molecular flexibility index (Phi) is 4.30. The molecule has 0 atom stereocenters. The van der Waals surface area contributed by atoms with Crippen LogP contribution in [0.25, 0.3) is 16.7 Å². The lowest BCUT2D eigenvalue weighted by Gasteiger charge is -2.07. The van der Waals surface area contributed by atoms with Crippen LogP contribution in [0.4, 0.5) is 0 Å². The fourth-order valence-electron chi connectivity index (χ4n) is 3.03. The minimum absolute atomic E-state index is 0.279. The molecular weight excluding hydrogens is 342 g/mol. The molecule has 0 saturated carbocycles. The topological polar surface area (TPSA) is 77.0 Å². The molecular formula is C21H17N3O3. The first-order valence-corrected chi connectivity index (χ1v) is 8.52. The summed E-state index contributed by atoms with van der Waals surface area (Å²) in [4.78, 5) is 31.6. The third-order valence-corrected chi connectivity index (χ3v) is 4.30. The molecule has 27 heavy (non-hydrogen) atoms. The Morgan fingerprint density at radius 3 is 2.63 bits per heavy atom. The monoisotopic (exact) mass is 359 g/mol. The van der Waals surface area contributed by atoms with Crippen LogP contribution >= 0.6 is 0 Å². The van der Waals surface area contributed by atoms with Gasteiger partial charge in [-0.2, -0.15) is 0 Å². The van der Waals surface area contributed by atoms with E-state index < -0.39 is 5.97 Å². The Morgan fingerprint density at radius 1 is 1.07 bits per heavy atom. The number of aromatic amines is 1. The molecule has 6 nitrogen and oxygen atoms in total. The molecule has 0 spiro atoms. The minimum Gasteiger partial charge on any atom is -0.454 e. The standard InChI is InChI=1S/C21H17N3O3/c1-14-23-18-12-15(21(26)27-13-20(25)17-8-5-11-22-17)9-10-19(18)24(14)16-6-3-2-4-7-16/h2-12,22H,13H2,1H3. The second kappa shape index (κ2) is 6.92. The average Bonchev–Trinajstić information content (AvgIpc) is 3.33. The minimum atomic E-state index is -0.552. The fraction of sp³-hybridized carbons (Fsp3) is 0.0952. The van der Waals surface area contributed by atoms with Gasteiger partial charge in [-0.3, -0.25) is 9.36 Å². The molecule has 6 heteroatoms. The molecule has 2 aromatic carbocycles. The number of nitrogens with one attached hydrogen (secondary N) is 1. The zero-order chi connectivity index (χ0) is 18.8. The van der Waals surface area contributed by atoms with E-state index in [1.165, 1.54) is 0 Å². The highest BCUT2D eigenvalue weighted by Crippen LogP contribution is 2.22. The number of aryl methyl sites for hydroxylation is 1. The highest BCUT2D eigenvalue weighted by Gasteiger charge is 2.15. The zero-order valence-electron chi connectivity index (χ0n) is 14.7. The number of carbonyl (C=O) groups excluding carboxylic acids is 2. The van der Waals surface area contributed by atoms with E-state index in [1.54, 1.807) is 30.5 Å². The summed E-state index contributed by atoms with van der Waals surface area (Å²) < 4.78 is 7.17.